The maximum Gasteiger partial charge on any atom is 0.0470 e. The molecule has 1 aliphatic rings. The van der Waals surface area contributed by atoms with Crippen LogP contribution in [0.15, 0.2) is 69.8 Å². The Bertz CT molecular complexity index is 902. The minimum absolute atomic E-state index is 0.874. The van der Waals surface area contributed by atoms with Crippen molar-refractivity contribution in [1.29, 1.82) is 0 Å². The van der Waals surface area contributed by atoms with Gasteiger partial charge in [-0.2, -0.15) is 10.0 Å². The SMILES string of the molecule is CS(C)(c1ccccc1)c1cc2c(s1)CCN(Cc1ccccc1Cl)C2. The highest BCUT2D eigenvalue weighted by atomic mass is 35.5. The zero-order chi connectivity index (χ0) is 18.1. The molecule has 2 aromatic carbocycles. The van der Waals surface area contributed by atoms with E-state index in [9.17, 15) is 0 Å². The van der Waals surface area contributed by atoms with Crippen LogP contribution in [-0.4, -0.2) is 24.0 Å². The predicted octanol–water partition coefficient (Wildman–Crippen LogP) is 6.44. The van der Waals surface area contributed by atoms with Crippen LogP contribution in [0.1, 0.15) is 16.0 Å². The number of hydrogen-bond acceptors (Lipinski definition) is 2. The van der Waals surface area contributed by atoms with E-state index in [0.29, 0.717) is 0 Å². The molecule has 1 aromatic heterocycles. The highest BCUT2D eigenvalue weighted by molar-refractivity contribution is 8.33. The van der Waals surface area contributed by atoms with Crippen LogP contribution in [0.3, 0.4) is 0 Å². The van der Waals surface area contributed by atoms with E-state index in [0.717, 1.165) is 31.1 Å². The van der Waals surface area contributed by atoms with Crippen molar-refractivity contribution in [3.8, 4) is 0 Å². The first kappa shape index (κ1) is 18.1. The first-order chi connectivity index (χ1) is 12.5. The fourth-order valence-corrected chi connectivity index (χ4v) is 7.51. The van der Waals surface area contributed by atoms with Crippen LogP contribution in [0.4, 0.5) is 0 Å². The summed E-state index contributed by atoms with van der Waals surface area (Å²) in [5, 5.41) is 0.874. The lowest BCUT2D eigenvalue weighted by Gasteiger charge is -2.30. The minimum atomic E-state index is -0.937. The van der Waals surface area contributed by atoms with E-state index in [1.165, 1.54) is 16.0 Å². The normalized spacial score (nSPS) is 15.7. The molecule has 0 bridgehead atoms. The van der Waals surface area contributed by atoms with Gasteiger partial charge in [-0.25, -0.2) is 0 Å². The lowest BCUT2D eigenvalue weighted by Crippen LogP contribution is -2.29. The molecule has 0 saturated heterocycles. The summed E-state index contributed by atoms with van der Waals surface area (Å²) in [5.41, 5.74) is 2.74. The summed E-state index contributed by atoms with van der Waals surface area (Å²) in [6.07, 6.45) is 5.98. The Morgan fingerprint density at radius 2 is 1.77 bits per heavy atom. The van der Waals surface area contributed by atoms with Crippen LogP contribution in [0.5, 0.6) is 0 Å². The Balaban J connectivity index is 1.55. The Hall–Kier alpha value is -1.26. The van der Waals surface area contributed by atoms with Gasteiger partial charge in [0.1, 0.15) is 0 Å². The molecule has 2 heterocycles. The fourth-order valence-electron chi connectivity index (χ4n) is 3.50. The van der Waals surface area contributed by atoms with E-state index in [1.807, 2.05) is 23.5 Å². The molecule has 4 rings (SSSR count). The molecule has 3 aromatic rings. The third-order valence-corrected chi connectivity index (χ3v) is 10.6. The van der Waals surface area contributed by atoms with E-state index in [4.69, 9.17) is 11.6 Å². The van der Waals surface area contributed by atoms with Crippen LogP contribution in [0.25, 0.3) is 0 Å². The second-order valence-electron chi connectivity index (χ2n) is 7.21. The van der Waals surface area contributed by atoms with Crippen molar-refractivity contribution in [2.45, 2.75) is 28.6 Å². The molecule has 0 saturated carbocycles. The van der Waals surface area contributed by atoms with Gasteiger partial charge in [0.15, 0.2) is 0 Å². The quantitative estimate of drug-likeness (QED) is 0.486. The van der Waals surface area contributed by atoms with Crippen molar-refractivity contribution in [3.05, 3.63) is 81.7 Å². The summed E-state index contributed by atoms with van der Waals surface area (Å²) >= 11 is 8.39. The predicted molar refractivity (Wildman–Crippen MR) is 116 cm³/mol. The number of fused-ring (bicyclic) bond motifs is 1. The summed E-state index contributed by atoms with van der Waals surface area (Å²) in [5.74, 6) is 0. The molecular weight excluding hydrogens is 378 g/mol. The average Bonchev–Trinajstić information content (AvgIpc) is 3.09. The Morgan fingerprint density at radius 3 is 2.54 bits per heavy atom. The van der Waals surface area contributed by atoms with Gasteiger partial charge in [-0.1, -0.05) is 48.0 Å². The van der Waals surface area contributed by atoms with Gasteiger partial charge >= 0.3 is 0 Å². The summed E-state index contributed by atoms with van der Waals surface area (Å²) in [6, 6.07) is 21.6. The van der Waals surface area contributed by atoms with Crippen LogP contribution in [0.2, 0.25) is 5.02 Å². The molecule has 1 aliphatic heterocycles. The molecule has 0 atom stereocenters. The highest BCUT2D eigenvalue weighted by Crippen LogP contribution is 2.59. The van der Waals surface area contributed by atoms with Gasteiger partial charge in [0.25, 0.3) is 0 Å². The standard InChI is InChI=1S/C22H24ClNS2/c1-26(2,19-9-4-3-5-10-19)22-14-18-16-24(13-12-21(18)25-22)15-17-8-6-7-11-20(17)23/h3-11,14H,12-13,15-16H2,1-2H3. The van der Waals surface area contributed by atoms with Crippen LogP contribution in [-0.2, 0) is 19.5 Å². The second kappa shape index (κ2) is 7.40. The lowest BCUT2D eigenvalue weighted by atomic mass is 10.1. The Morgan fingerprint density at radius 1 is 1.04 bits per heavy atom. The number of halogens is 1. The molecular formula is C22H24ClNS2. The molecule has 0 amide bonds. The average molecular weight is 402 g/mol. The zero-order valence-electron chi connectivity index (χ0n) is 15.2. The van der Waals surface area contributed by atoms with E-state index in [-0.39, 0.29) is 0 Å². The lowest BCUT2D eigenvalue weighted by molar-refractivity contribution is 0.247. The van der Waals surface area contributed by atoms with Crippen molar-refractivity contribution in [3.63, 3.8) is 0 Å². The van der Waals surface area contributed by atoms with E-state index < -0.39 is 10.0 Å². The van der Waals surface area contributed by atoms with Gasteiger partial charge in [-0.05, 0) is 59.2 Å². The van der Waals surface area contributed by atoms with Gasteiger partial charge in [0, 0.05) is 33.7 Å². The molecule has 0 N–H and O–H groups in total. The number of benzene rings is 2. The van der Waals surface area contributed by atoms with Gasteiger partial charge in [-0.15, -0.1) is 11.3 Å². The first-order valence-corrected chi connectivity index (χ1v) is 12.5. The summed E-state index contributed by atoms with van der Waals surface area (Å²) in [6.45, 7) is 3.07. The molecule has 26 heavy (non-hydrogen) atoms. The van der Waals surface area contributed by atoms with Crippen LogP contribution in [0, 0.1) is 0 Å². The van der Waals surface area contributed by atoms with Gasteiger partial charge in [0.05, 0.1) is 0 Å². The summed E-state index contributed by atoms with van der Waals surface area (Å²) in [4.78, 5) is 5.56. The van der Waals surface area contributed by atoms with E-state index in [2.05, 4.69) is 65.9 Å². The molecule has 0 spiro atoms. The maximum absolute atomic E-state index is 6.35. The largest absolute Gasteiger partial charge is 0.294 e. The Labute approximate surface area is 166 Å². The van der Waals surface area contributed by atoms with Crippen molar-refractivity contribution in [2.24, 2.45) is 0 Å². The first-order valence-electron chi connectivity index (χ1n) is 8.90. The number of hydrogen-bond donors (Lipinski definition) is 0. The summed E-state index contributed by atoms with van der Waals surface area (Å²) in [7, 11) is -0.937. The van der Waals surface area contributed by atoms with Crippen molar-refractivity contribution in [2.75, 3.05) is 19.1 Å². The third kappa shape index (κ3) is 3.59. The molecule has 0 radical (unpaired) electrons. The van der Waals surface area contributed by atoms with E-state index in [1.54, 1.807) is 9.09 Å². The molecule has 4 heteroatoms. The molecule has 0 unspecified atom stereocenters. The maximum atomic E-state index is 6.35. The van der Waals surface area contributed by atoms with Crippen LogP contribution >= 0.6 is 33.0 Å². The number of nitrogens with zero attached hydrogens (tertiary/aromatic N) is 1. The van der Waals surface area contributed by atoms with Gasteiger partial charge in [0.2, 0.25) is 0 Å². The van der Waals surface area contributed by atoms with Gasteiger partial charge < -0.3 is 0 Å². The Kier molecular flexibility index (Phi) is 5.15. The monoisotopic (exact) mass is 401 g/mol. The van der Waals surface area contributed by atoms with Crippen molar-refractivity contribution >= 4 is 33.0 Å². The highest BCUT2D eigenvalue weighted by Gasteiger charge is 2.25. The van der Waals surface area contributed by atoms with Crippen molar-refractivity contribution in [1.82, 2.24) is 4.90 Å². The zero-order valence-corrected chi connectivity index (χ0v) is 17.6. The van der Waals surface area contributed by atoms with Gasteiger partial charge in [-0.3, -0.25) is 4.90 Å². The molecule has 0 fully saturated rings. The van der Waals surface area contributed by atoms with E-state index >= 15 is 0 Å². The molecule has 1 nitrogen and oxygen atoms in total. The number of thiophene rings is 1. The molecule has 0 aliphatic carbocycles. The minimum Gasteiger partial charge on any atom is -0.294 e. The second-order valence-corrected chi connectivity index (χ2v) is 12.6. The smallest absolute Gasteiger partial charge is 0.0470 e. The molecule has 136 valence electrons. The number of rotatable bonds is 4. The van der Waals surface area contributed by atoms with Crippen molar-refractivity contribution < 1.29 is 0 Å². The third-order valence-electron chi connectivity index (χ3n) is 5.11. The van der Waals surface area contributed by atoms with Crippen LogP contribution < -0.4 is 0 Å². The summed E-state index contributed by atoms with van der Waals surface area (Å²) < 4.78 is 1.55. The topological polar surface area (TPSA) is 3.24 Å². The fraction of sp³-hybridized carbons (Fsp3) is 0.273.